The Kier molecular flexibility index (Phi) is 32.1. The minimum absolute atomic E-state index is 0.0900. The van der Waals surface area contributed by atoms with E-state index in [0.29, 0.717) is 34.7 Å². The number of unbranched alkanes of at least 4 members (excludes halogenated alkanes) is 3. The number of rotatable bonds is 21. The molecule has 2 atom stereocenters. The monoisotopic (exact) mass is 1610 g/mol. The van der Waals surface area contributed by atoms with Crippen LogP contribution in [-0.4, -0.2) is 0 Å². The molecule has 15 rings (SSSR count). The zero-order valence-corrected chi connectivity index (χ0v) is 69.6. The lowest BCUT2D eigenvalue weighted by molar-refractivity contribution is 0.428. The number of hydrogen-bond acceptors (Lipinski definition) is 1. The zero-order chi connectivity index (χ0) is 83.8. The van der Waals surface area contributed by atoms with Crippen LogP contribution < -0.4 is 0 Å². The van der Waals surface area contributed by atoms with E-state index in [1.165, 1.54) is 152 Å². The van der Waals surface area contributed by atoms with E-state index in [1.807, 2.05) is 60.7 Å². The van der Waals surface area contributed by atoms with Gasteiger partial charge in [-0.1, -0.05) is 310 Å². The summed E-state index contributed by atoms with van der Waals surface area (Å²) in [5.74, 6) is -6.57. The average Bonchev–Trinajstić information content (AvgIpc) is 1.23. The Morgan fingerprint density at radius 3 is 1.30 bits per heavy atom. The largest absolute Gasteiger partial charge is 0.206 e. The lowest BCUT2D eigenvalue weighted by atomic mass is 9.83. The maximum absolute atomic E-state index is 14.6. The summed E-state index contributed by atoms with van der Waals surface area (Å²) in [5, 5.41) is 0. The molecular weight excluding hydrogens is 1510 g/mol. The molecule has 11 heteroatoms. The van der Waals surface area contributed by atoms with Crippen molar-refractivity contribution in [3.05, 3.63) is 369 Å². The minimum Gasteiger partial charge on any atom is -0.206 e. The molecule has 1 aromatic heterocycles. The quantitative estimate of drug-likeness (QED) is 0.0382. The Balaban J connectivity index is 0.000000145. The van der Waals surface area contributed by atoms with Crippen molar-refractivity contribution in [1.82, 2.24) is 0 Å². The van der Waals surface area contributed by atoms with Crippen LogP contribution in [0.2, 0.25) is 0 Å². The second kappa shape index (κ2) is 43.0. The van der Waals surface area contributed by atoms with Crippen molar-refractivity contribution in [3.8, 4) is 88.3 Å². The Bertz CT molecular complexity index is 5480. The van der Waals surface area contributed by atoms with E-state index in [9.17, 15) is 43.9 Å². The van der Waals surface area contributed by atoms with E-state index >= 15 is 0 Å². The van der Waals surface area contributed by atoms with Crippen LogP contribution in [0, 0.1) is 90.8 Å². The minimum atomic E-state index is -1.61. The predicted octanol–water partition coefficient (Wildman–Crippen LogP) is 33.4. The second-order valence-corrected chi connectivity index (χ2v) is 32.0. The van der Waals surface area contributed by atoms with Gasteiger partial charge in [0.2, 0.25) is 0 Å². The maximum atomic E-state index is 14.6. The first-order chi connectivity index (χ1) is 57.1. The van der Waals surface area contributed by atoms with Crippen molar-refractivity contribution in [2.24, 2.45) is 11.8 Å². The molecule has 0 amide bonds. The molecule has 0 bridgehead atoms. The Morgan fingerprint density at radius 1 is 0.305 bits per heavy atom. The summed E-state index contributed by atoms with van der Waals surface area (Å²) in [6, 6.07) is 77.6. The first kappa shape index (κ1) is 87.9. The maximum Gasteiger partial charge on any atom is 0.194 e. The number of halogens is 10. The fourth-order valence-corrected chi connectivity index (χ4v) is 16.0. The summed E-state index contributed by atoms with van der Waals surface area (Å²) in [6.07, 6.45) is 24.8. The third kappa shape index (κ3) is 23.5. The van der Waals surface area contributed by atoms with Crippen molar-refractivity contribution in [2.75, 3.05) is 0 Å². The van der Waals surface area contributed by atoms with E-state index in [2.05, 4.69) is 157 Å². The van der Waals surface area contributed by atoms with E-state index in [0.717, 1.165) is 106 Å². The number of thiophene rings is 1. The van der Waals surface area contributed by atoms with Crippen molar-refractivity contribution in [1.29, 1.82) is 0 Å². The van der Waals surface area contributed by atoms with Gasteiger partial charge in [0.25, 0.3) is 0 Å². The summed E-state index contributed by atoms with van der Waals surface area (Å²) in [6.45, 7) is 16.2. The molecule has 0 fully saturated rings. The number of hydrogen-bond donors (Lipinski definition) is 0. The van der Waals surface area contributed by atoms with Gasteiger partial charge in [-0.15, -0.1) is 11.3 Å². The highest BCUT2D eigenvalue weighted by Gasteiger charge is 2.22. The van der Waals surface area contributed by atoms with Crippen LogP contribution in [0.4, 0.5) is 43.9 Å². The van der Waals surface area contributed by atoms with Gasteiger partial charge in [0.1, 0.15) is 29.1 Å². The Labute approximate surface area is 695 Å². The van der Waals surface area contributed by atoms with Crippen LogP contribution in [0.3, 0.4) is 0 Å². The van der Waals surface area contributed by atoms with E-state index in [-0.39, 0.29) is 50.8 Å². The van der Waals surface area contributed by atoms with Crippen molar-refractivity contribution in [3.63, 3.8) is 0 Å². The number of allylic oxidation sites excluding steroid dienone is 4. The van der Waals surface area contributed by atoms with Crippen LogP contribution in [0.25, 0.3) is 99.5 Å². The zero-order valence-electron chi connectivity index (χ0n) is 68.8. The van der Waals surface area contributed by atoms with Crippen LogP contribution in [-0.2, 0) is 19.3 Å². The fraction of sp³-hybridized carbons (Fsp3) is 0.252. The smallest absolute Gasteiger partial charge is 0.194 e. The van der Waals surface area contributed by atoms with Gasteiger partial charge in [0, 0.05) is 32.7 Å². The normalized spacial score (nSPS) is 13.6. The molecule has 12 aromatic carbocycles. The highest BCUT2D eigenvalue weighted by molar-refractivity contribution is 7.15. The van der Waals surface area contributed by atoms with Gasteiger partial charge in [-0.2, -0.15) is 0 Å². The van der Waals surface area contributed by atoms with Crippen LogP contribution in [0.5, 0.6) is 0 Å². The molecule has 2 aliphatic carbocycles. The molecular formula is C107H104F10S. The summed E-state index contributed by atoms with van der Waals surface area (Å²) < 4.78 is 139. The summed E-state index contributed by atoms with van der Waals surface area (Å²) in [7, 11) is 0. The van der Waals surface area contributed by atoms with Gasteiger partial charge < -0.3 is 0 Å². The Morgan fingerprint density at radius 2 is 0.746 bits per heavy atom. The summed E-state index contributed by atoms with van der Waals surface area (Å²) >= 11 is 1.55. The lowest BCUT2D eigenvalue weighted by Gasteiger charge is -2.22. The average molecular weight is 1610 g/mol. The first-order valence-corrected chi connectivity index (χ1v) is 42.4. The molecule has 2 aliphatic rings. The van der Waals surface area contributed by atoms with Crippen LogP contribution >= 0.6 is 11.3 Å². The molecule has 1 heterocycles. The predicted molar refractivity (Wildman–Crippen MR) is 474 cm³/mol. The molecule has 0 radical (unpaired) electrons. The van der Waals surface area contributed by atoms with Gasteiger partial charge in [0.15, 0.2) is 29.1 Å². The third-order valence-electron chi connectivity index (χ3n) is 22.3. The van der Waals surface area contributed by atoms with Gasteiger partial charge in [-0.05, 0) is 239 Å². The number of aryl methyl sites for hydroxylation is 6. The summed E-state index contributed by atoms with van der Waals surface area (Å²) in [4.78, 5) is 1.84. The summed E-state index contributed by atoms with van der Waals surface area (Å²) in [5.41, 5.74) is 19.6. The van der Waals surface area contributed by atoms with Gasteiger partial charge >= 0.3 is 0 Å². The topological polar surface area (TPSA) is 0 Å². The molecule has 13 aromatic rings. The first-order valence-electron chi connectivity index (χ1n) is 41.6. The molecule has 2 unspecified atom stereocenters. The molecule has 0 saturated heterocycles. The molecule has 0 spiro atoms. The van der Waals surface area contributed by atoms with Crippen molar-refractivity contribution >= 4 is 22.5 Å². The lowest BCUT2D eigenvalue weighted by Crippen LogP contribution is -2.05. The van der Waals surface area contributed by atoms with Gasteiger partial charge in [0.05, 0.1) is 4.88 Å². The fourth-order valence-electron chi connectivity index (χ4n) is 15.1. The van der Waals surface area contributed by atoms with E-state index < -0.39 is 40.7 Å². The highest BCUT2D eigenvalue weighted by atomic mass is 32.1. The SMILES string of the molecule is CCC1CC=C(c2ccc(-c3ccc(C)c(F)c3F)cc2F)CC1.CCCCCC1CC=C(c2ccc(-c3ccccc3)cc2)CC1.CCCCc1ccc(-c2ccc(-c3sc(CC)cc3F)cc2)cc1.CCCc1ccc(-c2ccc(-c3ccc(C)cc3)cc2F)cc1.Cc1ccc(-c2ccc(-c3cc(F)c(F)c(F)c3)c(F)c2)c(F)c1. The van der Waals surface area contributed by atoms with Crippen LogP contribution in [0.1, 0.15) is 168 Å². The number of benzene rings is 12. The standard InChI is InChI=1S/C23H28.C22H23FS.C22H21F.C21H21F3.C19H11F5/c1-2-3-5-8-19-11-13-21(14-12-19)23-17-15-22(16-18-23)20-9-6-4-7-10-20;1-3-5-6-16-7-9-17(10-8-16)18-11-13-19(14-12-18)22-21(23)15-20(4-2)24-22;1-3-4-17-7-11-19(12-8-17)21-14-13-20(15-22(21)23)18-9-5-16(2)6-10-18;1-3-14-5-7-15(8-6-14)17-11-9-16(12-19(17)22)18-10-4-13(2)20(23)21(18)24;1-10-2-4-13(15(20)6-10)11-3-5-14(16(21)7-11)12-8-17(22)19(24)18(23)9-12/h4,6-7,9-10,13,15-19H,2-3,5,8,11-12,14H2,1H3;7-15H,3-6H2,1-2H3;5-15H,3-4H2,1-2H3;4,7,9-12,14H,3,5-6,8H2,1-2H3;2-9H,1H3. The van der Waals surface area contributed by atoms with Crippen LogP contribution in [0.15, 0.2) is 267 Å². The molecule has 0 saturated carbocycles. The second-order valence-electron chi connectivity index (χ2n) is 30.9. The Hall–Kier alpha value is -10.9. The van der Waals surface area contributed by atoms with E-state index in [1.54, 1.807) is 54.2 Å². The molecule has 608 valence electrons. The highest BCUT2D eigenvalue weighted by Crippen LogP contribution is 2.40. The molecule has 0 nitrogen and oxygen atoms in total. The molecule has 0 aliphatic heterocycles. The van der Waals surface area contributed by atoms with Crippen molar-refractivity contribution < 1.29 is 43.9 Å². The van der Waals surface area contributed by atoms with Gasteiger partial charge in [-0.3, -0.25) is 0 Å². The van der Waals surface area contributed by atoms with Crippen molar-refractivity contribution in [2.45, 2.75) is 165 Å². The van der Waals surface area contributed by atoms with E-state index in [4.69, 9.17) is 0 Å². The van der Waals surface area contributed by atoms with Gasteiger partial charge in [-0.25, -0.2) is 43.9 Å². The molecule has 118 heavy (non-hydrogen) atoms. The molecule has 0 N–H and O–H groups in total. The third-order valence-corrected chi connectivity index (χ3v) is 23.6.